The second kappa shape index (κ2) is 14.9. The molecular formula is C40H47N7O8S2. The molecule has 0 radical (unpaired) electrons. The fraction of sp³-hybridized carbons (Fsp3) is 0.450. The number of amides is 3. The zero-order valence-electron chi connectivity index (χ0n) is 32.4. The second-order valence-corrected chi connectivity index (χ2v) is 18.7. The first-order valence-corrected chi connectivity index (χ1v) is 20.9. The third-order valence-corrected chi connectivity index (χ3v) is 12.4. The molecule has 1 saturated heterocycles. The molecule has 5 atom stereocenters. The van der Waals surface area contributed by atoms with Crippen LogP contribution in [0.25, 0.3) is 33.5 Å². The Morgan fingerprint density at radius 3 is 2.42 bits per heavy atom. The first-order valence-electron chi connectivity index (χ1n) is 18.9. The highest BCUT2D eigenvalue weighted by Gasteiger charge is 2.62. The summed E-state index contributed by atoms with van der Waals surface area (Å²) in [5.74, 6) is -1.37. The Balaban J connectivity index is 1.23. The molecule has 3 heterocycles. The maximum Gasteiger partial charge on any atom is 0.262 e. The van der Waals surface area contributed by atoms with Gasteiger partial charge in [-0.25, -0.2) is 13.4 Å². The average molecular weight is 818 g/mol. The molecule has 57 heavy (non-hydrogen) atoms. The Labute approximate surface area is 336 Å². The Bertz CT molecular complexity index is 2370. The van der Waals surface area contributed by atoms with Gasteiger partial charge < -0.3 is 35.2 Å². The van der Waals surface area contributed by atoms with Crippen LogP contribution in [-0.4, -0.2) is 87.7 Å². The maximum absolute atomic E-state index is 14.5. The highest BCUT2D eigenvalue weighted by Crippen LogP contribution is 2.46. The van der Waals surface area contributed by atoms with Gasteiger partial charge in [-0.3, -0.25) is 19.1 Å². The number of thiocarbonyl (C=S) groups is 1. The number of aromatic nitrogens is 2. The normalized spacial score (nSPS) is 22.6. The minimum absolute atomic E-state index is 0.00951. The van der Waals surface area contributed by atoms with Crippen molar-refractivity contribution in [3.63, 3.8) is 0 Å². The number of carbonyl (C=O) groups is 3. The Kier molecular flexibility index (Phi) is 10.4. The minimum Gasteiger partial charge on any atom is -0.491 e. The van der Waals surface area contributed by atoms with Gasteiger partial charge in [0.15, 0.2) is 10.9 Å². The van der Waals surface area contributed by atoms with Gasteiger partial charge in [0.05, 0.1) is 17.9 Å². The van der Waals surface area contributed by atoms with Crippen molar-refractivity contribution in [3.8, 4) is 23.0 Å². The topological polar surface area (TPSA) is 208 Å². The van der Waals surface area contributed by atoms with Crippen LogP contribution in [0.1, 0.15) is 60.3 Å². The van der Waals surface area contributed by atoms with Gasteiger partial charge in [0.1, 0.15) is 40.6 Å². The van der Waals surface area contributed by atoms with E-state index in [1.807, 2.05) is 83.1 Å². The summed E-state index contributed by atoms with van der Waals surface area (Å²) < 4.78 is 46.4. The highest BCUT2D eigenvalue weighted by atomic mass is 32.2. The van der Waals surface area contributed by atoms with Crippen LogP contribution in [-0.2, 0) is 24.4 Å². The molecule has 2 aromatic heterocycles. The lowest BCUT2D eigenvalue weighted by atomic mass is 9.85. The van der Waals surface area contributed by atoms with E-state index < -0.39 is 68.1 Å². The van der Waals surface area contributed by atoms with Crippen molar-refractivity contribution in [2.45, 2.75) is 95.4 Å². The van der Waals surface area contributed by atoms with Crippen LogP contribution in [0.4, 0.5) is 0 Å². The molecule has 1 unspecified atom stereocenters. The van der Waals surface area contributed by atoms with Gasteiger partial charge in [-0.1, -0.05) is 39.0 Å². The molecule has 2 aromatic carbocycles. The van der Waals surface area contributed by atoms with Crippen molar-refractivity contribution < 1.29 is 36.7 Å². The van der Waals surface area contributed by atoms with Crippen molar-refractivity contribution in [2.75, 3.05) is 6.54 Å². The SMILES string of the molecule is C=C[C@@H]1CC1(NC(=O)[C@@H]1C[C@@H](Oc2nc(-c3ccc(OC(C)C)cc3)nc3c2oc2ccccc23)CN1C(=O)[C@@H](NC(N)=S)C(C)(C)C)C(=O)NS(=O)(=O)C1CC1. The molecule has 5 N–H and O–H groups in total. The van der Waals surface area contributed by atoms with Crippen molar-refractivity contribution in [3.05, 3.63) is 61.2 Å². The zero-order valence-corrected chi connectivity index (χ0v) is 34.0. The lowest BCUT2D eigenvalue weighted by Crippen LogP contribution is -2.60. The standard InChI is InChI=1S/C40H47N7O8S2/c1-7-23-19-40(23,37(50)46-57(51,52)26-16-17-26)45-34(48)28-18-25(20-47(28)36(49)32(39(4,5)6)43-38(41)56)54-35-31-30(27-10-8-9-11-29(27)55-31)42-33(44-35)22-12-14-24(15-13-22)53-21(2)3/h7-15,21,23,25-26,28,32H,1,16-20H2,2-6H3,(H,45,48)(H,46,50)(H3,41,43,56)/t23-,25-,28+,32-,40?/m1/s1. The van der Waals surface area contributed by atoms with Gasteiger partial charge in [0.2, 0.25) is 27.4 Å². The number of nitrogens with zero attached hydrogens (tertiary/aromatic N) is 3. The number of benzene rings is 2. The summed E-state index contributed by atoms with van der Waals surface area (Å²) >= 11 is 5.13. The highest BCUT2D eigenvalue weighted by molar-refractivity contribution is 7.91. The van der Waals surface area contributed by atoms with Crippen LogP contribution in [0.15, 0.2) is 65.6 Å². The fourth-order valence-electron chi connectivity index (χ4n) is 7.24. The summed E-state index contributed by atoms with van der Waals surface area (Å²) in [7, 11) is -3.91. The number of hydrogen-bond acceptors (Lipinski definition) is 11. The molecule has 17 heteroatoms. The first-order chi connectivity index (χ1) is 26.9. The number of carbonyl (C=O) groups excluding carboxylic acids is 3. The first kappa shape index (κ1) is 39.9. The summed E-state index contributed by atoms with van der Waals surface area (Å²) in [6.07, 6.45) is 1.73. The zero-order chi connectivity index (χ0) is 41.0. The van der Waals surface area contributed by atoms with E-state index in [0.29, 0.717) is 41.1 Å². The van der Waals surface area contributed by atoms with Crippen molar-refractivity contribution in [1.29, 1.82) is 0 Å². The number of rotatable bonds is 13. The quantitative estimate of drug-likeness (QED) is 0.111. The van der Waals surface area contributed by atoms with Crippen LogP contribution < -0.4 is 30.6 Å². The van der Waals surface area contributed by atoms with E-state index >= 15 is 0 Å². The van der Waals surface area contributed by atoms with Crippen LogP contribution in [0.5, 0.6) is 11.6 Å². The summed E-state index contributed by atoms with van der Waals surface area (Å²) in [4.78, 5) is 53.5. The third kappa shape index (κ3) is 8.12. The van der Waals surface area contributed by atoms with E-state index in [-0.39, 0.29) is 42.1 Å². The van der Waals surface area contributed by atoms with Crippen LogP contribution >= 0.6 is 12.2 Å². The molecule has 302 valence electrons. The minimum atomic E-state index is -3.91. The number of fused-ring (bicyclic) bond motifs is 3. The molecule has 4 aromatic rings. The van der Waals surface area contributed by atoms with E-state index in [9.17, 15) is 22.8 Å². The molecule has 1 aliphatic heterocycles. The predicted molar refractivity (Wildman–Crippen MR) is 217 cm³/mol. The maximum atomic E-state index is 14.5. The summed E-state index contributed by atoms with van der Waals surface area (Å²) in [5, 5.41) is 5.70. The number of likely N-dealkylation sites (tertiary alicyclic amines) is 1. The van der Waals surface area contributed by atoms with E-state index in [1.165, 1.54) is 11.0 Å². The van der Waals surface area contributed by atoms with Crippen LogP contribution in [0.2, 0.25) is 0 Å². The number of nitrogens with one attached hydrogen (secondary N) is 3. The number of para-hydroxylation sites is 1. The molecule has 2 saturated carbocycles. The van der Waals surface area contributed by atoms with Crippen molar-refractivity contribution in [2.24, 2.45) is 17.1 Å². The Morgan fingerprint density at radius 1 is 1.11 bits per heavy atom. The molecule has 15 nitrogen and oxygen atoms in total. The predicted octanol–water partition coefficient (Wildman–Crippen LogP) is 4.10. The molecule has 0 bridgehead atoms. The van der Waals surface area contributed by atoms with E-state index in [4.69, 9.17) is 41.8 Å². The number of nitrogens with two attached hydrogens (primary N) is 1. The van der Waals surface area contributed by atoms with Gasteiger partial charge in [0.25, 0.3) is 11.8 Å². The van der Waals surface area contributed by atoms with E-state index in [0.717, 1.165) is 5.39 Å². The van der Waals surface area contributed by atoms with Crippen molar-refractivity contribution in [1.82, 2.24) is 30.2 Å². The van der Waals surface area contributed by atoms with Gasteiger partial charge >= 0.3 is 0 Å². The second-order valence-electron chi connectivity index (χ2n) is 16.3. The summed E-state index contributed by atoms with van der Waals surface area (Å²) in [6.45, 7) is 13.1. The lowest BCUT2D eigenvalue weighted by Gasteiger charge is -2.35. The molecule has 7 rings (SSSR count). The monoisotopic (exact) mass is 817 g/mol. The van der Waals surface area contributed by atoms with Crippen molar-refractivity contribution >= 4 is 67.1 Å². The number of furan rings is 1. The number of hydrogen-bond donors (Lipinski definition) is 4. The molecule has 0 spiro atoms. The van der Waals surface area contributed by atoms with Gasteiger partial charge in [-0.15, -0.1) is 6.58 Å². The molecule has 2 aliphatic carbocycles. The Hall–Kier alpha value is -5.29. The molecule has 3 fully saturated rings. The van der Waals surface area contributed by atoms with Crippen LogP contribution in [0.3, 0.4) is 0 Å². The van der Waals surface area contributed by atoms with Gasteiger partial charge in [-0.2, -0.15) is 4.98 Å². The molecule has 3 aliphatic rings. The fourth-order valence-corrected chi connectivity index (χ4v) is 8.72. The van der Waals surface area contributed by atoms with E-state index in [1.54, 1.807) is 0 Å². The van der Waals surface area contributed by atoms with Crippen LogP contribution in [0, 0.1) is 11.3 Å². The Morgan fingerprint density at radius 2 is 1.81 bits per heavy atom. The molecule has 3 amide bonds. The van der Waals surface area contributed by atoms with Gasteiger partial charge in [0, 0.05) is 23.3 Å². The number of ether oxygens (including phenoxy) is 2. The van der Waals surface area contributed by atoms with E-state index in [2.05, 4.69) is 21.9 Å². The lowest BCUT2D eigenvalue weighted by molar-refractivity contribution is -0.142. The molecular weight excluding hydrogens is 771 g/mol. The smallest absolute Gasteiger partial charge is 0.262 e. The third-order valence-electron chi connectivity index (χ3n) is 10.4. The largest absolute Gasteiger partial charge is 0.491 e. The van der Waals surface area contributed by atoms with Gasteiger partial charge in [-0.05, 0) is 87.1 Å². The number of sulfonamides is 1. The average Bonchev–Trinajstić information content (AvgIpc) is 4.05. The summed E-state index contributed by atoms with van der Waals surface area (Å²) in [5.41, 5.74) is 5.65. The summed E-state index contributed by atoms with van der Waals surface area (Å²) in [6, 6.07) is 12.7.